The molecule has 3 atom stereocenters. The number of aliphatic hydroxyl groups is 1. The monoisotopic (exact) mass is 640 g/mol. The van der Waals surface area contributed by atoms with Gasteiger partial charge in [-0.15, -0.1) is 0 Å². The maximum absolute atomic E-state index is 16.9. The molecule has 3 aliphatic rings. The first-order valence-electron chi connectivity index (χ1n) is 15.7. The van der Waals surface area contributed by atoms with Crippen LogP contribution in [0.5, 0.6) is 11.8 Å². The zero-order valence-corrected chi connectivity index (χ0v) is 25.8. The molecule has 7 rings (SSSR count). The first-order chi connectivity index (χ1) is 22.0. The molecule has 4 heterocycles. The van der Waals surface area contributed by atoms with Crippen LogP contribution in [-0.4, -0.2) is 88.4 Å². The summed E-state index contributed by atoms with van der Waals surface area (Å²) in [5, 5.41) is 22.2. The third kappa shape index (κ3) is 5.29. The van der Waals surface area contributed by atoms with Crippen LogP contribution in [-0.2, 0) is 11.2 Å². The fraction of sp³-hybridized carbons (Fsp3) is 0.471. The van der Waals surface area contributed by atoms with Gasteiger partial charge in [-0.3, -0.25) is 4.90 Å². The minimum Gasteiger partial charge on any atom is -0.508 e. The Bertz CT molecular complexity index is 1840. The molecule has 0 bridgehead atoms. The molecule has 0 aliphatic carbocycles. The lowest BCUT2D eigenvalue weighted by atomic mass is 9.91. The molecule has 0 saturated carbocycles. The van der Waals surface area contributed by atoms with Crippen molar-refractivity contribution < 1.29 is 37.2 Å². The third-order valence-electron chi connectivity index (χ3n) is 9.60. The van der Waals surface area contributed by atoms with E-state index < -0.39 is 40.3 Å². The van der Waals surface area contributed by atoms with Crippen molar-refractivity contribution in [2.24, 2.45) is 0 Å². The Morgan fingerprint density at radius 3 is 2.74 bits per heavy atom. The summed E-state index contributed by atoms with van der Waals surface area (Å²) in [5.74, 6) is -2.61. The highest BCUT2D eigenvalue weighted by molar-refractivity contribution is 6.03. The topological polar surface area (TPSA) is 91.2 Å². The summed E-state index contributed by atoms with van der Waals surface area (Å²) in [6, 6.07) is 6.31. The fourth-order valence-corrected chi connectivity index (χ4v) is 7.59. The van der Waals surface area contributed by atoms with E-state index in [2.05, 4.69) is 14.9 Å². The van der Waals surface area contributed by atoms with E-state index in [9.17, 15) is 19.0 Å². The van der Waals surface area contributed by atoms with Gasteiger partial charge in [0.15, 0.2) is 5.82 Å². The van der Waals surface area contributed by atoms with Crippen LogP contribution in [0.3, 0.4) is 0 Å². The van der Waals surface area contributed by atoms with E-state index in [4.69, 9.17) is 9.47 Å². The second-order valence-corrected chi connectivity index (χ2v) is 13.1. The Labute approximate surface area is 263 Å². The van der Waals surface area contributed by atoms with E-state index in [1.807, 2.05) is 0 Å². The number of aromatic hydroxyl groups is 1. The van der Waals surface area contributed by atoms with E-state index in [1.54, 1.807) is 18.7 Å². The molecule has 0 radical (unpaired) electrons. The van der Waals surface area contributed by atoms with Crippen LogP contribution in [0.15, 0.2) is 30.3 Å². The van der Waals surface area contributed by atoms with Gasteiger partial charge in [-0.2, -0.15) is 9.97 Å². The number of β-amino-alcohol motifs (C(OH)–C–C–N with tert-alkyl or cyclic N) is 1. The molecule has 2 N–H and O–H groups in total. The maximum atomic E-state index is 16.9. The van der Waals surface area contributed by atoms with Gasteiger partial charge >= 0.3 is 6.01 Å². The number of alkyl halides is 1. The van der Waals surface area contributed by atoms with Crippen molar-refractivity contribution in [2.75, 3.05) is 50.9 Å². The number of aromatic nitrogens is 2. The average molecular weight is 641 g/mol. The number of rotatable bonds is 6. The molecule has 8 nitrogen and oxygen atoms in total. The van der Waals surface area contributed by atoms with Gasteiger partial charge < -0.3 is 24.6 Å². The molecule has 3 aromatic carbocycles. The van der Waals surface area contributed by atoms with Crippen LogP contribution < -0.4 is 9.64 Å². The fourth-order valence-electron chi connectivity index (χ4n) is 7.59. The van der Waals surface area contributed by atoms with Gasteiger partial charge in [0.2, 0.25) is 0 Å². The number of halogens is 4. The Hall–Kier alpha value is -3.74. The van der Waals surface area contributed by atoms with Crippen molar-refractivity contribution in [3.05, 3.63) is 53.3 Å². The molecule has 4 aromatic rings. The highest BCUT2D eigenvalue weighted by atomic mass is 19.1. The SMILES string of the molecule is CCc1c(F)ccc2cc(O)cc(-c3c(F)cc4c(N5CCOC[C@@](C)(O)C5)nc(OC[C@@]56CCCN5C[C@H](F)C6)nc4c3F)c12. The Morgan fingerprint density at radius 2 is 1.93 bits per heavy atom. The van der Waals surface area contributed by atoms with Gasteiger partial charge in [0.05, 0.1) is 30.9 Å². The van der Waals surface area contributed by atoms with E-state index in [0.717, 1.165) is 25.5 Å². The van der Waals surface area contributed by atoms with Crippen molar-refractivity contribution >= 4 is 27.5 Å². The number of nitrogens with zero attached hydrogens (tertiary/aromatic N) is 4. The average Bonchev–Trinajstić information content (AvgIpc) is 3.46. The number of ether oxygens (including phenoxy) is 2. The molecule has 46 heavy (non-hydrogen) atoms. The van der Waals surface area contributed by atoms with Gasteiger partial charge in [0, 0.05) is 24.9 Å². The summed E-state index contributed by atoms with van der Waals surface area (Å²) in [6.07, 6.45) is 1.22. The predicted molar refractivity (Wildman–Crippen MR) is 166 cm³/mol. The second-order valence-electron chi connectivity index (χ2n) is 13.1. The normalized spacial score (nSPS) is 25.4. The number of fused-ring (bicyclic) bond motifs is 3. The van der Waals surface area contributed by atoms with Gasteiger partial charge in [-0.05, 0) is 78.9 Å². The number of hydrogen-bond donors (Lipinski definition) is 2. The van der Waals surface area contributed by atoms with Crippen molar-refractivity contribution in [3.8, 4) is 22.9 Å². The summed E-state index contributed by atoms with van der Waals surface area (Å²) in [6.45, 7) is 5.13. The molecule has 3 fully saturated rings. The van der Waals surface area contributed by atoms with E-state index in [0.29, 0.717) is 18.4 Å². The van der Waals surface area contributed by atoms with Crippen molar-refractivity contribution in [2.45, 2.75) is 56.8 Å². The van der Waals surface area contributed by atoms with Crippen molar-refractivity contribution in [1.29, 1.82) is 0 Å². The zero-order valence-electron chi connectivity index (χ0n) is 25.8. The summed E-state index contributed by atoms with van der Waals surface area (Å²) in [4.78, 5) is 12.8. The zero-order chi connectivity index (χ0) is 32.4. The highest BCUT2D eigenvalue weighted by Crippen LogP contribution is 2.43. The summed E-state index contributed by atoms with van der Waals surface area (Å²) in [5.41, 5.74) is -2.29. The molecule has 244 valence electrons. The van der Waals surface area contributed by atoms with Crippen LogP contribution in [0.4, 0.5) is 23.4 Å². The lowest BCUT2D eigenvalue weighted by Gasteiger charge is -2.31. The van der Waals surface area contributed by atoms with Crippen LogP contribution in [0.25, 0.3) is 32.8 Å². The summed E-state index contributed by atoms with van der Waals surface area (Å²) >= 11 is 0. The third-order valence-corrected chi connectivity index (χ3v) is 9.60. The van der Waals surface area contributed by atoms with Gasteiger partial charge in [-0.1, -0.05) is 13.0 Å². The Kier molecular flexibility index (Phi) is 7.72. The van der Waals surface area contributed by atoms with Crippen LogP contribution in [0, 0.1) is 17.5 Å². The molecule has 0 amide bonds. The summed E-state index contributed by atoms with van der Waals surface area (Å²) in [7, 11) is 0. The maximum Gasteiger partial charge on any atom is 0.319 e. The van der Waals surface area contributed by atoms with Crippen LogP contribution in [0.2, 0.25) is 0 Å². The highest BCUT2D eigenvalue weighted by Gasteiger charge is 2.49. The minimum absolute atomic E-state index is 0.0163. The lowest BCUT2D eigenvalue weighted by molar-refractivity contribution is -0.0123. The first-order valence-corrected chi connectivity index (χ1v) is 15.7. The molecule has 3 saturated heterocycles. The van der Waals surface area contributed by atoms with Gasteiger partial charge in [0.25, 0.3) is 0 Å². The Morgan fingerprint density at radius 1 is 1.11 bits per heavy atom. The summed E-state index contributed by atoms with van der Waals surface area (Å²) < 4.78 is 74.2. The van der Waals surface area contributed by atoms with E-state index in [1.165, 1.54) is 24.3 Å². The molecular weight excluding hydrogens is 604 g/mol. The molecule has 12 heteroatoms. The number of aryl methyl sites for hydroxylation is 1. The number of benzene rings is 3. The quantitative estimate of drug-likeness (QED) is 0.261. The first kappa shape index (κ1) is 30.9. The number of anilines is 1. The Balaban J connectivity index is 1.42. The van der Waals surface area contributed by atoms with Crippen LogP contribution in [0.1, 0.15) is 38.7 Å². The molecule has 0 unspecified atom stereocenters. The molecular formula is C34H36F4N4O4. The molecule has 1 aromatic heterocycles. The van der Waals surface area contributed by atoms with Gasteiger partial charge in [-0.25, -0.2) is 17.6 Å². The van der Waals surface area contributed by atoms with Crippen molar-refractivity contribution in [1.82, 2.24) is 14.9 Å². The van der Waals surface area contributed by atoms with Crippen LogP contribution >= 0.6 is 0 Å². The van der Waals surface area contributed by atoms with Crippen molar-refractivity contribution in [3.63, 3.8) is 0 Å². The predicted octanol–water partition coefficient (Wildman–Crippen LogP) is 5.68. The lowest BCUT2D eigenvalue weighted by Crippen LogP contribution is -2.44. The largest absolute Gasteiger partial charge is 0.508 e. The molecule has 0 spiro atoms. The van der Waals surface area contributed by atoms with Gasteiger partial charge in [0.1, 0.15) is 47.1 Å². The number of phenolic OH excluding ortho intramolecular Hbond substituents is 1. The van der Waals surface area contributed by atoms with E-state index in [-0.39, 0.29) is 84.3 Å². The standard InChI is InChI=1S/C34H36F4N4O4/c1-3-22-25(36)6-5-19-11-21(43)12-23(27(19)22)28-26(37)13-24-30(29(28)38)39-32(40-31(24)41-9-10-45-17-33(2,44)16-41)46-18-34-7-4-8-42(34)15-20(35)14-34/h5-6,11-13,20,43-44H,3-4,7-10,14-18H2,1-2H3/t20-,33+,34+/m1/s1. The molecule has 3 aliphatic heterocycles. The minimum atomic E-state index is -1.28. The smallest absolute Gasteiger partial charge is 0.319 e. The van der Waals surface area contributed by atoms with E-state index >= 15 is 8.78 Å². The number of phenols is 1. The second kappa shape index (κ2) is 11.5. The number of hydrogen-bond acceptors (Lipinski definition) is 8.